The second kappa shape index (κ2) is 3.27. The highest BCUT2D eigenvalue weighted by atomic mass is 15.4. The fourth-order valence-corrected chi connectivity index (χ4v) is 4.53. The molecule has 2 N–H and O–H groups in total. The molecule has 19 heavy (non-hydrogen) atoms. The van der Waals surface area contributed by atoms with Gasteiger partial charge in [0.2, 0.25) is 0 Å². The van der Waals surface area contributed by atoms with Gasteiger partial charge in [-0.15, -0.1) is 0 Å². The van der Waals surface area contributed by atoms with E-state index in [1.54, 1.807) is 0 Å². The predicted molar refractivity (Wildman–Crippen MR) is 74.5 cm³/mol. The van der Waals surface area contributed by atoms with Crippen molar-refractivity contribution in [2.45, 2.75) is 24.9 Å². The molecule has 0 radical (unpaired) electrons. The number of fused-ring (bicyclic) bond motifs is 4. The molecule has 0 aromatic heterocycles. The average Bonchev–Trinajstić information content (AvgIpc) is 3.01. The van der Waals surface area contributed by atoms with Crippen LogP contribution in [-0.2, 0) is 12.8 Å². The minimum absolute atomic E-state index is 0.313. The smallest absolute Gasteiger partial charge is 0.0546 e. The van der Waals surface area contributed by atoms with E-state index >= 15 is 0 Å². The van der Waals surface area contributed by atoms with Crippen molar-refractivity contribution < 1.29 is 0 Å². The van der Waals surface area contributed by atoms with Gasteiger partial charge in [0.1, 0.15) is 0 Å². The molecule has 2 atom stereocenters. The maximum atomic E-state index is 3.56. The summed E-state index contributed by atoms with van der Waals surface area (Å²) in [5.41, 5.74) is 13.5. The van der Waals surface area contributed by atoms with Gasteiger partial charge in [-0.2, -0.15) is 0 Å². The van der Waals surface area contributed by atoms with E-state index in [2.05, 4.69) is 59.4 Å². The molecule has 0 amide bonds. The first kappa shape index (κ1) is 10.2. The van der Waals surface area contributed by atoms with E-state index in [1.807, 2.05) is 0 Å². The van der Waals surface area contributed by atoms with Crippen LogP contribution in [-0.4, -0.2) is 0 Å². The maximum Gasteiger partial charge on any atom is 0.0546 e. The lowest BCUT2D eigenvalue weighted by Crippen LogP contribution is -2.27. The Hall–Kier alpha value is -1.64. The van der Waals surface area contributed by atoms with Crippen molar-refractivity contribution in [1.29, 1.82) is 0 Å². The van der Waals surface area contributed by atoms with Gasteiger partial charge < -0.3 is 0 Å². The Morgan fingerprint density at radius 2 is 1.21 bits per heavy atom. The fraction of sp³-hybridized carbons (Fsp3) is 0.294. The molecule has 1 fully saturated rings. The van der Waals surface area contributed by atoms with Crippen molar-refractivity contribution in [1.82, 2.24) is 10.9 Å². The molecule has 5 rings (SSSR count). The molecule has 2 aromatic carbocycles. The van der Waals surface area contributed by atoms with Crippen molar-refractivity contribution in [3.63, 3.8) is 0 Å². The van der Waals surface area contributed by atoms with Crippen molar-refractivity contribution in [2.75, 3.05) is 0 Å². The minimum atomic E-state index is 0.313. The van der Waals surface area contributed by atoms with Crippen molar-refractivity contribution in [3.8, 4) is 0 Å². The zero-order chi connectivity index (χ0) is 12.4. The van der Waals surface area contributed by atoms with Crippen LogP contribution in [0.5, 0.6) is 0 Å². The average molecular weight is 248 g/mol. The van der Waals surface area contributed by atoms with E-state index in [-0.39, 0.29) is 0 Å². The highest BCUT2D eigenvalue weighted by molar-refractivity contribution is 5.48. The molecule has 0 bridgehead atoms. The third-order valence-corrected chi connectivity index (χ3v) is 5.29. The molecule has 0 saturated carbocycles. The summed E-state index contributed by atoms with van der Waals surface area (Å²) < 4.78 is 0. The second-order valence-electron chi connectivity index (χ2n) is 6.14. The molecule has 94 valence electrons. The molecule has 1 spiro atoms. The van der Waals surface area contributed by atoms with Gasteiger partial charge >= 0.3 is 0 Å². The first-order valence-electron chi connectivity index (χ1n) is 7.05. The van der Waals surface area contributed by atoms with Gasteiger partial charge in [-0.1, -0.05) is 48.5 Å². The Bertz CT molecular complexity index is 617. The largest absolute Gasteiger partial charge is 0.249 e. The summed E-state index contributed by atoms with van der Waals surface area (Å²) in [5.74, 6) is 0. The molecule has 2 heteroatoms. The number of benzene rings is 2. The van der Waals surface area contributed by atoms with Crippen LogP contribution in [0.1, 0.15) is 34.3 Å². The van der Waals surface area contributed by atoms with Gasteiger partial charge in [-0.25, -0.2) is 10.9 Å². The monoisotopic (exact) mass is 248 g/mol. The molecule has 1 aliphatic heterocycles. The summed E-state index contributed by atoms with van der Waals surface area (Å²) in [6.07, 6.45) is 2.38. The Labute approximate surface area is 112 Å². The standard InChI is InChI=1S/C17H16N2/c1-3-7-13-11(5-1)9-17-10-12-6-2-4-8-14(12)16(17)19-18-15(13)17/h1-8,15-16,18-19H,9-10H2. The van der Waals surface area contributed by atoms with E-state index in [1.165, 1.54) is 35.1 Å². The Morgan fingerprint density at radius 3 is 1.74 bits per heavy atom. The Morgan fingerprint density at radius 1 is 0.737 bits per heavy atom. The first-order valence-corrected chi connectivity index (χ1v) is 7.05. The third-order valence-electron chi connectivity index (χ3n) is 5.29. The molecule has 1 saturated heterocycles. The fourth-order valence-electron chi connectivity index (χ4n) is 4.53. The van der Waals surface area contributed by atoms with Crippen LogP contribution in [0.25, 0.3) is 0 Å². The number of hydrogen-bond acceptors (Lipinski definition) is 2. The van der Waals surface area contributed by atoms with Gasteiger partial charge in [0.25, 0.3) is 0 Å². The third kappa shape index (κ3) is 1.10. The normalized spacial score (nSPS) is 33.7. The molecule has 1 heterocycles. The van der Waals surface area contributed by atoms with E-state index in [4.69, 9.17) is 0 Å². The number of rotatable bonds is 0. The van der Waals surface area contributed by atoms with Gasteiger partial charge in [-0.3, -0.25) is 0 Å². The highest BCUT2D eigenvalue weighted by Gasteiger charge is 2.58. The van der Waals surface area contributed by atoms with Crippen LogP contribution in [0.4, 0.5) is 0 Å². The molecule has 2 aromatic rings. The number of nitrogens with one attached hydrogen (secondary N) is 2. The summed E-state index contributed by atoms with van der Waals surface area (Å²) in [6.45, 7) is 0. The summed E-state index contributed by atoms with van der Waals surface area (Å²) in [5, 5.41) is 0. The molecular formula is C17H16N2. The maximum absolute atomic E-state index is 3.56. The van der Waals surface area contributed by atoms with E-state index < -0.39 is 0 Å². The van der Waals surface area contributed by atoms with Crippen LogP contribution in [0.3, 0.4) is 0 Å². The molecule has 2 nitrogen and oxygen atoms in total. The van der Waals surface area contributed by atoms with Crippen molar-refractivity contribution >= 4 is 0 Å². The van der Waals surface area contributed by atoms with Gasteiger partial charge in [-0.05, 0) is 35.1 Å². The van der Waals surface area contributed by atoms with Crippen LogP contribution < -0.4 is 10.9 Å². The van der Waals surface area contributed by atoms with Crippen LogP contribution in [0, 0.1) is 5.41 Å². The second-order valence-corrected chi connectivity index (χ2v) is 6.14. The highest BCUT2D eigenvalue weighted by Crippen LogP contribution is 2.61. The zero-order valence-corrected chi connectivity index (χ0v) is 10.7. The minimum Gasteiger partial charge on any atom is -0.249 e. The topological polar surface area (TPSA) is 24.1 Å². The van der Waals surface area contributed by atoms with Crippen LogP contribution >= 0.6 is 0 Å². The SMILES string of the molecule is c1ccc2c(c1)CC13Cc4ccccc4C1NNC23. The predicted octanol–water partition coefficient (Wildman–Crippen LogP) is 2.68. The molecular weight excluding hydrogens is 232 g/mol. The van der Waals surface area contributed by atoms with Crippen molar-refractivity contribution in [2.24, 2.45) is 5.41 Å². The Balaban J connectivity index is 1.70. The van der Waals surface area contributed by atoms with Gasteiger partial charge in [0, 0.05) is 5.41 Å². The quantitative estimate of drug-likeness (QED) is 0.749. The van der Waals surface area contributed by atoms with E-state index in [9.17, 15) is 0 Å². The first-order chi connectivity index (χ1) is 9.38. The summed E-state index contributed by atoms with van der Waals surface area (Å²) in [7, 11) is 0. The molecule has 2 aliphatic carbocycles. The summed E-state index contributed by atoms with van der Waals surface area (Å²) in [6, 6.07) is 18.7. The van der Waals surface area contributed by atoms with E-state index in [0.29, 0.717) is 17.5 Å². The lowest BCUT2D eigenvalue weighted by Gasteiger charge is -2.27. The van der Waals surface area contributed by atoms with Gasteiger partial charge in [0.15, 0.2) is 0 Å². The van der Waals surface area contributed by atoms with Crippen LogP contribution in [0.15, 0.2) is 48.5 Å². The van der Waals surface area contributed by atoms with Gasteiger partial charge in [0.05, 0.1) is 12.1 Å². The zero-order valence-electron chi connectivity index (χ0n) is 10.7. The van der Waals surface area contributed by atoms with E-state index in [0.717, 1.165) is 0 Å². The van der Waals surface area contributed by atoms with Crippen molar-refractivity contribution in [3.05, 3.63) is 70.8 Å². The Kier molecular flexibility index (Phi) is 1.75. The summed E-state index contributed by atoms with van der Waals surface area (Å²) in [4.78, 5) is 0. The number of hydrogen-bond donors (Lipinski definition) is 2. The van der Waals surface area contributed by atoms with Crippen LogP contribution in [0.2, 0.25) is 0 Å². The molecule has 3 aliphatic rings. The lowest BCUT2D eigenvalue weighted by molar-refractivity contribution is 0.258. The molecule has 2 unspecified atom stereocenters. The number of hydrazine groups is 1. The lowest BCUT2D eigenvalue weighted by atomic mass is 9.76. The summed E-state index contributed by atoms with van der Waals surface area (Å²) >= 11 is 0.